The molecule has 0 atom stereocenters. The minimum absolute atomic E-state index is 0.983. The van der Waals surface area contributed by atoms with Crippen LogP contribution < -0.4 is 4.90 Å². The van der Waals surface area contributed by atoms with E-state index in [1.165, 1.54) is 0 Å². The Kier molecular flexibility index (Phi) is 5.52. The van der Waals surface area contributed by atoms with Crippen molar-refractivity contribution >= 4 is 6.41 Å². The number of quaternary nitrogens is 1. The Morgan fingerprint density at radius 2 is 1.67 bits per heavy atom. The topological polar surface area (TPSA) is 21.5 Å². The molecule has 0 spiro atoms. The molecule has 1 N–H and O–H groups in total. The first kappa shape index (κ1) is 8.63. The standard InChI is InChI=1S/C7H15NO/c1-3-5-8(7-9)6-4-2/h7H,3-6H2,1-2H3/p+1. The summed E-state index contributed by atoms with van der Waals surface area (Å²) in [5, 5.41) is 0. The predicted octanol–water partition coefficient (Wildman–Crippen LogP) is -0.152. The van der Waals surface area contributed by atoms with Gasteiger partial charge in [-0.1, -0.05) is 13.8 Å². The molecule has 0 saturated heterocycles. The van der Waals surface area contributed by atoms with Gasteiger partial charge in [0.1, 0.15) is 0 Å². The number of nitrogens with one attached hydrogen (secondary N) is 1. The van der Waals surface area contributed by atoms with E-state index in [2.05, 4.69) is 13.8 Å². The summed E-state index contributed by atoms with van der Waals surface area (Å²) < 4.78 is 0. The molecule has 0 aromatic carbocycles. The molecule has 1 amide bonds. The first-order valence-corrected chi connectivity index (χ1v) is 3.65. The molecule has 9 heavy (non-hydrogen) atoms. The van der Waals surface area contributed by atoms with Crippen LogP contribution in [-0.4, -0.2) is 19.5 Å². The Bertz CT molecular complexity index is 67.3. The van der Waals surface area contributed by atoms with Crippen molar-refractivity contribution in [1.82, 2.24) is 0 Å². The summed E-state index contributed by atoms with van der Waals surface area (Å²) in [6, 6.07) is 0. The molecular formula is C7H16NO+. The zero-order valence-corrected chi connectivity index (χ0v) is 6.31. The summed E-state index contributed by atoms with van der Waals surface area (Å²) >= 11 is 0. The fourth-order valence-corrected chi connectivity index (χ4v) is 0.885. The zero-order chi connectivity index (χ0) is 7.11. The van der Waals surface area contributed by atoms with Crippen LogP contribution in [0.3, 0.4) is 0 Å². The highest BCUT2D eigenvalue weighted by Crippen LogP contribution is 1.66. The van der Waals surface area contributed by atoms with Crippen LogP contribution in [0, 0.1) is 0 Å². The van der Waals surface area contributed by atoms with Gasteiger partial charge < -0.3 is 0 Å². The lowest BCUT2D eigenvalue weighted by molar-refractivity contribution is -0.810. The van der Waals surface area contributed by atoms with Gasteiger partial charge >= 0.3 is 0 Å². The van der Waals surface area contributed by atoms with E-state index in [0.29, 0.717) is 0 Å². The number of rotatable bonds is 5. The molecule has 2 nitrogen and oxygen atoms in total. The van der Waals surface area contributed by atoms with Crippen molar-refractivity contribution in [2.45, 2.75) is 26.7 Å². The van der Waals surface area contributed by atoms with E-state index in [4.69, 9.17) is 0 Å². The quantitative estimate of drug-likeness (QED) is 0.513. The molecular weight excluding hydrogens is 114 g/mol. The molecule has 0 unspecified atom stereocenters. The van der Waals surface area contributed by atoms with Crippen LogP contribution in [-0.2, 0) is 4.79 Å². The van der Waals surface area contributed by atoms with Crippen molar-refractivity contribution in [1.29, 1.82) is 0 Å². The molecule has 0 aliphatic carbocycles. The van der Waals surface area contributed by atoms with Crippen molar-refractivity contribution in [3.05, 3.63) is 0 Å². The first-order valence-electron chi connectivity index (χ1n) is 3.65. The largest absolute Gasteiger partial charge is 0.299 e. The summed E-state index contributed by atoms with van der Waals surface area (Å²) in [6.45, 7) is 6.16. The maximum Gasteiger partial charge on any atom is 0.299 e. The molecule has 0 heterocycles. The van der Waals surface area contributed by atoms with Crippen LogP contribution in [0.2, 0.25) is 0 Å². The molecule has 0 aliphatic rings. The molecule has 0 aromatic heterocycles. The van der Waals surface area contributed by atoms with Crippen molar-refractivity contribution in [3.8, 4) is 0 Å². The molecule has 2 heteroatoms. The Labute approximate surface area is 56.9 Å². The second kappa shape index (κ2) is 5.76. The fraction of sp³-hybridized carbons (Fsp3) is 0.857. The molecule has 0 saturated carbocycles. The maximum atomic E-state index is 10.2. The highest BCUT2D eigenvalue weighted by molar-refractivity contribution is 5.33. The molecule has 0 radical (unpaired) electrons. The second-order valence-corrected chi connectivity index (χ2v) is 2.28. The SMILES string of the molecule is CCC[NH+](C=O)CCC. The van der Waals surface area contributed by atoms with E-state index in [0.717, 1.165) is 37.2 Å². The van der Waals surface area contributed by atoms with E-state index in [9.17, 15) is 4.79 Å². The monoisotopic (exact) mass is 130 g/mol. The van der Waals surface area contributed by atoms with Gasteiger partial charge in [0, 0.05) is 0 Å². The van der Waals surface area contributed by atoms with Gasteiger partial charge in [-0.25, -0.2) is 4.79 Å². The van der Waals surface area contributed by atoms with Gasteiger partial charge in [-0.2, -0.15) is 0 Å². The van der Waals surface area contributed by atoms with E-state index in [-0.39, 0.29) is 0 Å². The smallest absolute Gasteiger partial charge is 0.275 e. The van der Waals surface area contributed by atoms with Gasteiger partial charge in [0.2, 0.25) is 0 Å². The van der Waals surface area contributed by atoms with Crippen molar-refractivity contribution < 1.29 is 9.69 Å². The number of amides is 1. The Morgan fingerprint density at radius 1 is 1.22 bits per heavy atom. The summed E-state index contributed by atoms with van der Waals surface area (Å²) in [7, 11) is 0. The third kappa shape index (κ3) is 4.15. The summed E-state index contributed by atoms with van der Waals surface area (Å²) in [6.07, 6.45) is 3.19. The molecule has 0 aromatic rings. The Hall–Kier alpha value is -0.370. The van der Waals surface area contributed by atoms with Gasteiger partial charge in [0.15, 0.2) is 0 Å². The van der Waals surface area contributed by atoms with Crippen LogP contribution in [0.4, 0.5) is 0 Å². The lowest BCUT2D eigenvalue weighted by Crippen LogP contribution is -3.11. The third-order valence-corrected chi connectivity index (χ3v) is 1.31. The van der Waals surface area contributed by atoms with Gasteiger partial charge in [0.25, 0.3) is 6.41 Å². The van der Waals surface area contributed by atoms with Gasteiger partial charge in [0.05, 0.1) is 13.1 Å². The minimum atomic E-state index is 0.983. The Balaban J connectivity index is 3.29. The molecule has 0 aliphatic heterocycles. The number of hydrogen-bond donors (Lipinski definition) is 1. The summed E-state index contributed by atoms with van der Waals surface area (Å²) in [4.78, 5) is 11.3. The maximum absolute atomic E-state index is 10.2. The molecule has 54 valence electrons. The lowest BCUT2D eigenvalue weighted by atomic mass is 10.4. The second-order valence-electron chi connectivity index (χ2n) is 2.28. The minimum Gasteiger partial charge on any atom is -0.275 e. The Morgan fingerprint density at radius 3 is 1.89 bits per heavy atom. The summed E-state index contributed by atoms with van der Waals surface area (Å²) in [5.41, 5.74) is 0. The molecule has 0 bridgehead atoms. The van der Waals surface area contributed by atoms with E-state index >= 15 is 0 Å². The molecule has 0 fully saturated rings. The van der Waals surface area contributed by atoms with Gasteiger partial charge in [-0.05, 0) is 12.8 Å². The average molecular weight is 130 g/mol. The van der Waals surface area contributed by atoms with Gasteiger partial charge in [-0.15, -0.1) is 0 Å². The highest BCUT2D eigenvalue weighted by Gasteiger charge is 2.00. The van der Waals surface area contributed by atoms with Crippen molar-refractivity contribution in [2.75, 3.05) is 13.1 Å². The molecule has 0 rings (SSSR count). The number of carbonyl (C=O) groups excluding carboxylic acids is 1. The van der Waals surface area contributed by atoms with E-state index in [1.807, 2.05) is 0 Å². The van der Waals surface area contributed by atoms with Crippen LogP contribution >= 0.6 is 0 Å². The first-order chi connectivity index (χ1) is 4.35. The van der Waals surface area contributed by atoms with Crippen molar-refractivity contribution in [3.63, 3.8) is 0 Å². The van der Waals surface area contributed by atoms with Crippen LogP contribution in [0.1, 0.15) is 26.7 Å². The number of hydrogen-bond acceptors (Lipinski definition) is 1. The fourth-order valence-electron chi connectivity index (χ4n) is 0.885. The number of carbonyl (C=O) groups is 1. The van der Waals surface area contributed by atoms with Gasteiger partial charge in [-0.3, -0.25) is 4.90 Å². The van der Waals surface area contributed by atoms with Crippen LogP contribution in [0.25, 0.3) is 0 Å². The summed E-state index contributed by atoms with van der Waals surface area (Å²) in [5.74, 6) is 0. The zero-order valence-electron chi connectivity index (χ0n) is 6.31. The van der Waals surface area contributed by atoms with E-state index in [1.54, 1.807) is 0 Å². The third-order valence-electron chi connectivity index (χ3n) is 1.31. The van der Waals surface area contributed by atoms with Crippen molar-refractivity contribution in [2.24, 2.45) is 0 Å². The highest BCUT2D eigenvalue weighted by atomic mass is 16.1. The van der Waals surface area contributed by atoms with Crippen LogP contribution in [0.5, 0.6) is 0 Å². The van der Waals surface area contributed by atoms with E-state index < -0.39 is 0 Å². The lowest BCUT2D eigenvalue weighted by Gasteiger charge is -2.07. The average Bonchev–Trinajstić information content (AvgIpc) is 1.88. The van der Waals surface area contributed by atoms with Crippen LogP contribution in [0.15, 0.2) is 0 Å². The predicted molar refractivity (Wildman–Crippen MR) is 37.3 cm³/mol. The normalized spacial score (nSPS) is 10.1.